The predicted octanol–water partition coefficient (Wildman–Crippen LogP) is 3.19. The lowest BCUT2D eigenvalue weighted by Crippen LogP contribution is -2.58. The van der Waals surface area contributed by atoms with Gasteiger partial charge in [-0.05, 0) is 71.2 Å². The van der Waals surface area contributed by atoms with Crippen LogP contribution < -0.4 is 32.3 Å². The molecule has 0 spiro atoms. The molecule has 2 aliphatic rings. The van der Waals surface area contributed by atoms with E-state index in [9.17, 15) is 38.7 Å². The molecule has 69 heavy (non-hydrogen) atoms. The minimum atomic E-state index is -1.15. The first-order valence-electron chi connectivity index (χ1n) is 23.0. The van der Waals surface area contributed by atoms with Crippen molar-refractivity contribution in [3.63, 3.8) is 0 Å². The molecule has 0 aliphatic carbocycles. The molecule has 4 aromatic carbocycles. The molecule has 0 saturated carbocycles. The normalized spacial score (nSPS) is 20.2. The van der Waals surface area contributed by atoms with Gasteiger partial charge in [0, 0.05) is 63.2 Å². The lowest BCUT2D eigenvalue weighted by molar-refractivity contribution is -0.141. The maximum atomic E-state index is 15.0. The Kier molecular flexibility index (Phi) is 16.7. The highest BCUT2D eigenvalue weighted by Gasteiger charge is 2.44. The molecule has 0 radical (unpaired) electrons. The van der Waals surface area contributed by atoms with Crippen molar-refractivity contribution in [1.82, 2.24) is 31.5 Å². The highest BCUT2D eigenvalue weighted by molar-refractivity contribution is 6.03. The number of hydrogen-bond acceptors (Lipinski definition) is 10. The van der Waals surface area contributed by atoms with Crippen LogP contribution in [0.15, 0.2) is 120 Å². The van der Waals surface area contributed by atoms with Crippen LogP contribution in [0.5, 0.6) is 0 Å². The number of furan rings is 1. The number of rotatable bonds is 12. The van der Waals surface area contributed by atoms with Crippen LogP contribution in [0.1, 0.15) is 51.9 Å². The minimum Gasteiger partial charge on any atom is -0.478 e. The van der Waals surface area contributed by atoms with E-state index >= 15 is 0 Å². The Morgan fingerprint density at radius 3 is 2.38 bits per heavy atom. The standard InChI is InChI=1S/C52H57N7O10/c53-21-25-68-26-23-55-48(63)42-19-22-54-45(60)17-18-47(62)59-24-6-20-52(33-59,30-35-7-2-1-3-8-35)51(67)58-43(49(64)56-31-39-10-5-4-9-37(39)29-46(61)57-42)27-34-11-13-36(14-12-34)38-15-16-40-41(50(65)66)32-69-44(40)28-38/h1-5,7-18,28,32,42-43H,6,19-27,29-31,33,53H2,(H,54,60)(H,55,63)(H,56,64)(H,57,61)(H,58,67)(H,65,66)/b18-17+/t42-,43-,52-/m0/s1. The van der Waals surface area contributed by atoms with Gasteiger partial charge in [0.15, 0.2) is 0 Å². The summed E-state index contributed by atoms with van der Waals surface area (Å²) in [6.07, 6.45) is 4.64. The van der Waals surface area contributed by atoms with E-state index < -0.39 is 58.9 Å². The summed E-state index contributed by atoms with van der Waals surface area (Å²) < 4.78 is 10.9. The summed E-state index contributed by atoms with van der Waals surface area (Å²) in [4.78, 5) is 96.4. The third-order valence-electron chi connectivity index (χ3n) is 12.4. The van der Waals surface area contributed by atoms with Crippen LogP contribution in [0.4, 0.5) is 0 Å². The maximum absolute atomic E-state index is 15.0. The second-order valence-corrected chi connectivity index (χ2v) is 17.3. The van der Waals surface area contributed by atoms with E-state index in [1.165, 1.54) is 6.26 Å². The first-order chi connectivity index (χ1) is 33.4. The second kappa shape index (κ2) is 23.4. The van der Waals surface area contributed by atoms with Gasteiger partial charge in [-0.25, -0.2) is 4.79 Å². The Morgan fingerprint density at radius 2 is 1.61 bits per heavy atom. The van der Waals surface area contributed by atoms with Crippen molar-refractivity contribution in [3.8, 4) is 11.1 Å². The van der Waals surface area contributed by atoms with Gasteiger partial charge in [-0.1, -0.05) is 84.9 Å². The molecular formula is C52H57N7O10. The second-order valence-electron chi connectivity index (χ2n) is 17.3. The van der Waals surface area contributed by atoms with E-state index in [1.807, 2.05) is 54.6 Å². The molecule has 6 amide bonds. The third kappa shape index (κ3) is 13.1. The number of hydrogen-bond donors (Lipinski definition) is 7. The molecule has 5 aromatic rings. The number of amides is 6. The van der Waals surface area contributed by atoms with E-state index in [0.717, 1.165) is 34.4 Å². The van der Waals surface area contributed by atoms with E-state index in [1.54, 1.807) is 47.4 Å². The summed E-state index contributed by atoms with van der Waals surface area (Å²) >= 11 is 0. The lowest BCUT2D eigenvalue weighted by Gasteiger charge is -2.42. The molecule has 8 N–H and O–H groups in total. The van der Waals surface area contributed by atoms with Gasteiger partial charge in [-0.15, -0.1) is 0 Å². The first kappa shape index (κ1) is 49.3. The van der Waals surface area contributed by atoms with Crippen LogP contribution in [-0.2, 0) is 59.3 Å². The largest absolute Gasteiger partial charge is 0.478 e. The van der Waals surface area contributed by atoms with Gasteiger partial charge in [-0.2, -0.15) is 0 Å². The number of piperidine rings is 1. The topological polar surface area (TPSA) is 251 Å². The summed E-state index contributed by atoms with van der Waals surface area (Å²) in [5.74, 6) is -3.98. The van der Waals surface area contributed by atoms with Crippen molar-refractivity contribution in [2.24, 2.45) is 11.1 Å². The smallest absolute Gasteiger partial charge is 0.339 e. The Morgan fingerprint density at radius 1 is 0.855 bits per heavy atom. The van der Waals surface area contributed by atoms with Crippen molar-refractivity contribution in [2.45, 2.75) is 57.2 Å². The highest BCUT2D eigenvalue weighted by atomic mass is 16.5. The molecule has 0 unspecified atom stereocenters. The first-order valence-corrected chi connectivity index (χ1v) is 23.0. The molecule has 360 valence electrons. The monoisotopic (exact) mass is 939 g/mol. The van der Waals surface area contributed by atoms with Gasteiger partial charge in [0.25, 0.3) is 0 Å². The lowest BCUT2D eigenvalue weighted by atomic mass is 9.74. The molecule has 17 nitrogen and oxygen atoms in total. The number of nitrogens with zero attached hydrogens (tertiary/aromatic N) is 1. The van der Waals surface area contributed by atoms with Gasteiger partial charge in [-0.3, -0.25) is 28.8 Å². The average molecular weight is 940 g/mol. The number of carbonyl (C=O) groups excluding carboxylic acids is 6. The van der Waals surface area contributed by atoms with Crippen molar-refractivity contribution in [3.05, 3.63) is 143 Å². The fraction of sp³-hybridized carbons (Fsp3) is 0.327. The number of benzene rings is 4. The number of aromatic carboxylic acids is 1. The quantitative estimate of drug-likeness (QED) is 0.0895. The summed E-state index contributed by atoms with van der Waals surface area (Å²) in [7, 11) is 0. The van der Waals surface area contributed by atoms with Crippen molar-refractivity contribution < 1.29 is 47.8 Å². The zero-order chi connectivity index (χ0) is 48.8. The fourth-order valence-electron chi connectivity index (χ4n) is 8.78. The number of nitrogens with two attached hydrogens (primary N) is 1. The van der Waals surface area contributed by atoms with Crippen LogP contribution >= 0.6 is 0 Å². The molecule has 1 saturated heterocycles. The summed E-state index contributed by atoms with van der Waals surface area (Å²) in [5.41, 5.74) is 9.26. The van der Waals surface area contributed by atoms with Crippen LogP contribution in [0.2, 0.25) is 0 Å². The number of carboxylic acid groups (broad SMARTS) is 1. The average Bonchev–Trinajstić information content (AvgIpc) is 3.79. The molecular weight excluding hydrogens is 883 g/mol. The van der Waals surface area contributed by atoms with Crippen LogP contribution in [-0.4, -0.2) is 109 Å². The molecule has 17 heteroatoms. The highest BCUT2D eigenvalue weighted by Crippen LogP contribution is 2.35. The molecule has 3 heterocycles. The van der Waals surface area contributed by atoms with Gasteiger partial charge in [0.2, 0.25) is 35.4 Å². The SMILES string of the molecule is NCCOCCNC(=O)[C@@H]1CCNC(=O)/C=C/C(=O)N2CCC[C@](Cc3ccccc3)(C2)C(=O)N[C@@H](Cc2ccc(-c3ccc4c(C(=O)O)coc4c3)cc2)C(=O)NCc2ccccc2CC(=O)N1. The Balaban J connectivity index is 1.18. The minimum absolute atomic E-state index is 0.00371. The van der Waals surface area contributed by atoms with Gasteiger partial charge in [0.1, 0.15) is 29.5 Å². The van der Waals surface area contributed by atoms with Gasteiger partial charge < -0.3 is 51.5 Å². The van der Waals surface area contributed by atoms with Crippen molar-refractivity contribution in [1.29, 1.82) is 0 Å². The van der Waals surface area contributed by atoms with Crippen LogP contribution in [0.3, 0.4) is 0 Å². The Labute approximate surface area is 399 Å². The molecule has 2 aliphatic heterocycles. The van der Waals surface area contributed by atoms with E-state index in [-0.39, 0.29) is 64.0 Å². The Bertz CT molecular complexity index is 2680. The van der Waals surface area contributed by atoms with Crippen LogP contribution in [0.25, 0.3) is 22.1 Å². The zero-order valence-corrected chi connectivity index (χ0v) is 38.2. The summed E-state index contributed by atoms with van der Waals surface area (Å²) in [6.45, 7) is 1.39. The maximum Gasteiger partial charge on any atom is 0.339 e. The molecule has 1 aromatic heterocycles. The predicted molar refractivity (Wildman–Crippen MR) is 256 cm³/mol. The van der Waals surface area contributed by atoms with Crippen molar-refractivity contribution in [2.75, 3.05) is 45.9 Å². The van der Waals surface area contributed by atoms with E-state index in [4.69, 9.17) is 14.9 Å². The number of ether oxygens (including phenoxy) is 1. The fourth-order valence-corrected chi connectivity index (χ4v) is 8.78. The number of nitrogens with one attached hydrogen (secondary N) is 5. The Hall–Kier alpha value is -7.63. The molecule has 7 rings (SSSR count). The number of carbonyl (C=O) groups is 7. The van der Waals surface area contributed by atoms with Crippen molar-refractivity contribution >= 4 is 52.4 Å². The molecule has 2 bridgehead atoms. The molecule has 1 fully saturated rings. The van der Waals surface area contributed by atoms with Gasteiger partial charge >= 0.3 is 5.97 Å². The van der Waals surface area contributed by atoms with E-state index in [0.29, 0.717) is 54.6 Å². The number of carboxylic acids is 1. The molecule has 3 atom stereocenters. The summed E-state index contributed by atoms with van der Waals surface area (Å²) in [5, 5.41) is 24.3. The van der Waals surface area contributed by atoms with Gasteiger partial charge in [0.05, 0.1) is 25.0 Å². The zero-order valence-electron chi connectivity index (χ0n) is 38.2. The third-order valence-corrected chi connectivity index (χ3v) is 12.4. The van der Waals surface area contributed by atoms with Crippen LogP contribution in [0, 0.1) is 5.41 Å². The number of fused-ring (bicyclic) bond motifs is 4. The summed E-state index contributed by atoms with van der Waals surface area (Å²) in [6, 6.07) is 27.2. The van der Waals surface area contributed by atoms with E-state index in [2.05, 4.69) is 26.6 Å².